The standard InChI is InChI=1S/C13H19ClN4O/c1-13(2,10-14)12(19)18-7-5-17(6-8-18)11-9-15-3-4-16-11/h3-4,9H,5-8,10H2,1-2H3. The van der Waals surface area contributed by atoms with Crippen LogP contribution in [0.4, 0.5) is 5.82 Å². The molecule has 0 aromatic carbocycles. The van der Waals surface area contributed by atoms with Gasteiger partial charge in [-0.1, -0.05) is 0 Å². The van der Waals surface area contributed by atoms with E-state index in [1.165, 1.54) is 0 Å². The third-order valence-electron chi connectivity index (χ3n) is 3.35. The van der Waals surface area contributed by atoms with E-state index in [1.54, 1.807) is 18.6 Å². The Labute approximate surface area is 118 Å². The SMILES string of the molecule is CC(C)(CCl)C(=O)N1CCN(c2cnccn2)CC1. The maximum Gasteiger partial charge on any atom is 0.229 e. The number of rotatable bonds is 3. The Bertz CT molecular complexity index is 430. The highest BCUT2D eigenvalue weighted by molar-refractivity contribution is 6.19. The fourth-order valence-electron chi connectivity index (χ4n) is 2.08. The average molecular weight is 283 g/mol. The van der Waals surface area contributed by atoms with E-state index in [4.69, 9.17) is 11.6 Å². The summed E-state index contributed by atoms with van der Waals surface area (Å²) >= 11 is 5.86. The fraction of sp³-hybridized carbons (Fsp3) is 0.615. The van der Waals surface area contributed by atoms with Crippen LogP contribution in [0.25, 0.3) is 0 Å². The Kier molecular flexibility index (Phi) is 4.24. The monoisotopic (exact) mass is 282 g/mol. The molecular formula is C13H19ClN4O. The Morgan fingerprint density at radius 1 is 1.32 bits per heavy atom. The first kappa shape index (κ1) is 14.1. The average Bonchev–Trinajstić information content (AvgIpc) is 2.47. The van der Waals surface area contributed by atoms with Gasteiger partial charge < -0.3 is 9.80 Å². The van der Waals surface area contributed by atoms with Gasteiger partial charge in [0, 0.05) is 44.5 Å². The van der Waals surface area contributed by atoms with E-state index in [0.717, 1.165) is 18.9 Å². The van der Waals surface area contributed by atoms with Crippen LogP contribution in [-0.4, -0.2) is 52.8 Å². The van der Waals surface area contributed by atoms with Crippen molar-refractivity contribution in [1.82, 2.24) is 14.9 Å². The summed E-state index contributed by atoms with van der Waals surface area (Å²) in [6.07, 6.45) is 5.09. The number of anilines is 1. The Morgan fingerprint density at radius 3 is 2.53 bits per heavy atom. The van der Waals surface area contributed by atoms with Gasteiger partial charge in [0.15, 0.2) is 0 Å². The van der Waals surface area contributed by atoms with Crippen LogP contribution >= 0.6 is 11.6 Å². The van der Waals surface area contributed by atoms with Crippen molar-refractivity contribution in [2.75, 3.05) is 37.0 Å². The lowest BCUT2D eigenvalue weighted by molar-refractivity contribution is -0.139. The molecule has 104 valence electrons. The van der Waals surface area contributed by atoms with Crippen molar-refractivity contribution >= 4 is 23.3 Å². The largest absolute Gasteiger partial charge is 0.352 e. The van der Waals surface area contributed by atoms with E-state index in [1.807, 2.05) is 18.7 Å². The number of aromatic nitrogens is 2. The highest BCUT2D eigenvalue weighted by Crippen LogP contribution is 2.22. The molecule has 1 aliphatic rings. The van der Waals surface area contributed by atoms with Crippen molar-refractivity contribution in [3.05, 3.63) is 18.6 Å². The van der Waals surface area contributed by atoms with Gasteiger partial charge in [-0.3, -0.25) is 9.78 Å². The van der Waals surface area contributed by atoms with Crippen molar-refractivity contribution in [3.8, 4) is 0 Å². The molecule has 5 nitrogen and oxygen atoms in total. The number of carbonyl (C=O) groups excluding carboxylic acids is 1. The Morgan fingerprint density at radius 2 is 2.00 bits per heavy atom. The third kappa shape index (κ3) is 3.15. The molecule has 0 saturated carbocycles. The van der Waals surface area contributed by atoms with Crippen LogP contribution in [0.15, 0.2) is 18.6 Å². The van der Waals surface area contributed by atoms with E-state index >= 15 is 0 Å². The number of alkyl halides is 1. The van der Waals surface area contributed by atoms with Crippen molar-refractivity contribution in [1.29, 1.82) is 0 Å². The number of hydrogen-bond acceptors (Lipinski definition) is 4. The minimum atomic E-state index is -0.490. The van der Waals surface area contributed by atoms with Crippen LogP contribution in [-0.2, 0) is 4.79 Å². The zero-order valence-electron chi connectivity index (χ0n) is 11.3. The second-order valence-corrected chi connectivity index (χ2v) is 5.63. The first-order valence-electron chi connectivity index (χ1n) is 6.41. The van der Waals surface area contributed by atoms with Crippen LogP contribution in [0.5, 0.6) is 0 Å². The van der Waals surface area contributed by atoms with Gasteiger partial charge >= 0.3 is 0 Å². The van der Waals surface area contributed by atoms with E-state index < -0.39 is 5.41 Å². The maximum absolute atomic E-state index is 12.3. The summed E-state index contributed by atoms with van der Waals surface area (Å²) in [6, 6.07) is 0. The molecule has 1 saturated heterocycles. The normalized spacial score (nSPS) is 16.6. The van der Waals surface area contributed by atoms with Gasteiger partial charge in [0.1, 0.15) is 5.82 Å². The maximum atomic E-state index is 12.3. The molecule has 1 aliphatic heterocycles. The van der Waals surface area contributed by atoms with Crippen molar-refractivity contribution in [3.63, 3.8) is 0 Å². The smallest absolute Gasteiger partial charge is 0.229 e. The predicted octanol–water partition coefficient (Wildman–Crippen LogP) is 1.39. The summed E-state index contributed by atoms with van der Waals surface area (Å²) in [5.74, 6) is 1.34. The summed E-state index contributed by atoms with van der Waals surface area (Å²) in [4.78, 5) is 24.7. The minimum Gasteiger partial charge on any atom is -0.352 e. The molecule has 0 aliphatic carbocycles. The summed E-state index contributed by atoms with van der Waals surface area (Å²) < 4.78 is 0. The summed E-state index contributed by atoms with van der Waals surface area (Å²) in [5.41, 5.74) is -0.490. The van der Waals surface area contributed by atoms with Gasteiger partial charge in [-0.15, -0.1) is 11.6 Å². The third-order valence-corrected chi connectivity index (χ3v) is 4.02. The molecule has 1 aromatic heterocycles. The van der Waals surface area contributed by atoms with E-state index in [0.29, 0.717) is 19.0 Å². The Hall–Kier alpha value is -1.36. The van der Waals surface area contributed by atoms with E-state index in [-0.39, 0.29) is 5.91 Å². The molecule has 1 aromatic rings. The molecule has 6 heteroatoms. The minimum absolute atomic E-state index is 0.126. The Balaban J connectivity index is 1.95. The highest BCUT2D eigenvalue weighted by Gasteiger charge is 2.33. The molecule has 2 heterocycles. The number of hydrogen-bond donors (Lipinski definition) is 0. The lowest BCUT2D eigenvalue weighted by atomic mass is 9.94. The predicted molar refractivity (Wildman–Crippen MR) is 75.3 cm³/mol. The van der Waals surface area contributed by atoms with Gasteiger partial charge in [0.25, 0.3) is 0 Å². The number of carbonyl (C=O) groups is 1. The number of piperazine rings is 1. The zero-order valence-corrected chi connectivity index (χ0v) is 12.1. The summed E-state index contributed by atoms with van der Waals surface area (Å²) in [6.45, 7) is 6.74. The van der Waals surface area contributed by atoms with E-state index in [9.17, 15) is 4.79 Å². The quantitative estimate of drug-likeness (QED) is 0.786. The zero-order chi connectivity index (χ0) is 13.9. The number of amides is 1. The number of halogens is 1. The second kappa shape index (κ2) is 5.74. The van der Waals surface area contributed by atoms with Crippen LogP contribution in [0.1, 0.15) is 13.8 Å². The lowest BCUT2D eigenvalue weighted by Gasteiger charge is -2.38. The molecule has 0 atom stereocenters. The van der Waals surface area contributed by atoms with Gasteiger partial charge in [0.2, 0.25) is 5.91 Å². The summed E-state index contributed by atoms with van der Waals surface area (Å²) in [7, 11) is 0. The fourth-order valence-corrected chi connectivity index (χ4v) is 2.19. The van der Waals surface area contributed by atoms with E-state index in [2.05, 4.69) is 14.9 Å². The first-order valence-corrected chi connectivity index (χ1v) is 6.94. The molecule has 0 spiro atoms. The molecule has 19 heavy (non-hydrogen) atoms. The van der Waals surface area contributed by atoms with Crippen LogP contribution in [0, 0.1) is 5.41 Å². The van der Waals surface area contributed by atoms with Crippen molar-refractivity contribution in [2.45, 2.75) is 13.8 Å². The molecule has 2 rings (SSSR count). The first-order chi connectivity index (χ1) is 9.04. The molecule has 0 unspecified atom stereocenters. The second-order valence-electron chi connectivity index (χ2n) is 5.36. The molecule has 0 radical (unpaired) electrons. The molecule has 0 N–H and O–H groups in total. The van der Waals surface area contributed by atoms with Gasteiger partial charge in [-0.05, 0) is 13.8 Å². The van der Waals surface area contributed by atoms with Crippen molar-refractivity contribution < 1.29 is 4.79 Å². The molecule has 1 amide bonds. The van der Waals surface area contributed by atoms with Gasteiger partial charge in [-0.25, -0.2) is 4.98 Å². The van der Waals surface area contributed by atoms with Crippen LogP contribution in [0.2, 0.25) is 0 Å². The summed E-state index contributed by atoms with van der Waals surface area (Å²) in [5, 5.41) is 0. The van der Waals surface area contributed by atoms with Crippen LogP contribution < -0.4 is 4.90 Å². The highest BCUT2D eigenvalue weighted by atomic mass is 35.5. The van der Waals surface area contributed by atoms with Crippen molar-refractivity contribution in [2.24, 2.45) is 5.41 Å². The molecule has 0 bridgehead atoms. The van der Waals surface area contributed by atoms with Gasteiger partial charge in [-0.2, -0.15) is 0 Å². The molecular weight excluding hydrogens is 264 g/mol. The van der Waals surface area contributed by atoms with Gasteiger partial charge in [0.05, 0.1) is 11.6 Å². The molecule has 1 fully saturated rings. The lowest BCUT2D eigenvalue weighted by Crippen LogP contribution is -2.52. The number of nitrogens with zero attached hydrogens (tertiary/aromatic N) is 4. The van der Waals surface area contributed by atoms with Crippen LogP contribution in [0.3, 0.4) is 0 Å². The topological polar surface area (TPSA) is 49.3 Å².